The van der Waals surface area contributed by atoms with Crippen LogP contribution in [0.3, 0.4) is 0 Å². The van der Waals surface area contributed by atoms with Crippen LogP contribution in [0.1, 0.15) is 136 Å². The summed E-state index contributed by atoms with van der Waals surface area (Å²) in [5.41, 5.74) is 9.16. The van der Waals surface area contributed by atoms with Crippen LogP contribution in [-0.4, -0.2) is 48.5 Å². The summed E-state index contributed by atoms with van der Waals surface area (Å²) in [5, 5.41) is 22.7. The Balaban J connectivity index is 1.13. The van der Waals surface area contributed by atoms with Gasteiger partial charge in [0.15, 0.2) is 0 Å². The van der Waals surface area contributed by atoms with Gasteiger partial charge in [0, 0.05) is 24.4 Å². The van der Waals surface area contributed by atoms with Crippen molar-refractivity contribution >= 4 is 5.71 Å². The maximum Gasteiger partial charge on any atom is 0.392 e. The van der Waals surface area contributed by atoms with E-state index in [-0.39, 0.29) is 24.4 Å². The zero-order valence-corrected chi connectivity index (χ0v) is 30.6. The average molecular weight is 692 g/mol. The van der Waals surface area contributed by atoms with Crippen LogP contribution in [0, 0.1) is 58.2 Å². The summed E-state index contributed by atoms with van der Waals surface area (Å²) in [7, 11) is 0. The van der Waals surface area contributed by atoms with E-state index in [2.05, 4.69) is 31.8 Å². The number of alkyl halides is 3. The SMILES string of the molecule is C=CCC1CCC(CC2(C)CCOC2)CCC1CC(N)C1CC(C(O)NC2CCC(CCC3=CC(=N)CCC3)C(C(F)(F)F)C2)CCC1C. The van der Waals surface area contributed by atoms with Crippen LogP contribution in [0.2, 0.25) is 0 Å². The second-order valence-corrected chi connectivity index (χ2v) is 17.7. The van der Waals surface area contributed by atoms with Crippen molar-refractivity contribution in [3.63, 3.8) is 0 Å². The monoisotopic (exact) mass is 692 g/mol. The fraction of sp³-hybridized carbons (Fsp3) is 0.878. The molecule has 0 amide bonds. The van der Waals surface area contributed by atoms with E-state index in [0.29, 0.717) is 60.5 Å². The fourth-order valence-electron chi connectivity index (χ4n) is 10.9. The summed E-state index contributed by atoms with van der Waals surface area (Å²) in [6.07, 6.45) is 16.1. The largest absolute Gasteiger partial charge is 0.392 e. The van der Waals surface area contributed by atoms with Crippen LogP contribution in [0.15, 0.2) is 24.3 Å². The normalized spacial score (nSPS) is 39.2. The lowest BCUT2D eigenvalue weighted by Gasteiger charge is -2.43. The Morgan fingerprint density at radius 2 is 1.84 bits per heavy atom. The number of ether oxygens (including phenoxy) is 1. The Morgan fingerprint density at radius 1 is 1.08 bits per heavy atom. The van der Waals surface area contributed by atoms with E-state index in [1.807, 2.05) is 6.08 Å². The molecule has 0 bridgehead atoms. The molecule has 5 rings (SSSR count). The Hall–Kier alpha value is -1.22. The molecule has 0 radical (unpaired) electrons. The predicted octanol–water partition coefficient (Wildman–Crippen LogP) is 9.74. The van der Waals surface area contributed by atoms with Crippen LogP contribution in [0.4, 0.5) is 13.2 Å². The van der Waals surface area contributed by atoms with Gasteiger partial charge in [-0.3, -0.25) is 5.32 Å². The predicted molar refractivity (Wildman–Crippen MR) is 193 cm³/mol. The van der Waals surface area contributed by atoms with Gasteiger partial charge in [0.05, 0.1) is 12.5 Å². The summed E-state index contributed by atoms with van der Waals surface area (Å²) in [6.45, 7) is 10.6. The minimum Gasteiger partial charge on any atom is -0.381 e. The van der Waals surface area contributed by atoms with E-state index in [4.69, 9.17) is 15.9 Å². The molecular formula is C41H68F3N3O2. The summed E-state index contributed by atoms with van der Waals surface area (Å²) >= 11 is 0. The summed E-state index contributed by atoms with van der Waals surface area (Å²) in [4.78, 5) is 0. The van der Waals surface area contributed by atoms with Crippen molar-refractivity contribution in [1.29, 1.82) is 5.41 Å². The first kappa shape index (κ1) is 39.0. The third kappa shape index (κ3) is 10.9. The number of rotatable bonds is 13. The molecular weight excluding hydrogens is 623 g/mol. The van der Waals surface area contributed by atoms with Crippen LogP contribution in [0.5, 0.6) is 0 Å². The van der Waals surface area contributed by atoms with Gasteiger partial charge in [-0.05, 0) is 162 Å². The van der Waals surface area contributed by atoms with Gasteiger partial charge in [-0.25, -0.2) is 0 Å². The van der Waals surface area contributed by atoms with Crippen molar-refractivity contribution in [3.05, 3.63) is 24.3 Å². The van der Waals surface area contributed by atoms with E-state index in [1.165, 1.54) is 38.5 Å². The maximum absolute atomic E-state index is 14.3. The van der Waals surface area contributed by atoms with Crippen LogP contribution in [0.25, 0.3) is 0 Å². The van der Waals surface area contributed by atoms with Crippen LogP contribution >= 0.6 is 0 Å². The van der Waals surface area contributed by atoms with Gasteiger partial charge in [0.1, 0.15) is 6.23 Å². The second kappa shape index (κ2) is 17.5. The minimum atomic E-state index is -4.24. The number of hydrogen-bond acceptors (Lipinski definition) is 5. The van der Waals surface area contributed by atoms with Crippen molar-refractivity contribution in [2.24, 2.45) is 58.5 Å². The molecule has 5 N–H and O–H groups in total. The Kier molecular flexibility index (Phi) is 14.0. The van der Waals surface area contributed by atoms with Gasteiger partial charge >= 0.3 is 6.18 Å². The summed E-state index contributed by atoms with van der Waals surface area (Å²) in [5.74, 6) is 1.00. The molecule has 1 saturated heterocycles. The van der Waals surface area contributed by atoms with Crippen molar-refractivity contribution in [1.82, 2.24) is 5.32 Å². The maximum atomic E-state index is 14.3. The van der Waals surface area contributed by atoms with Gasteiger partial charge in [-0.2, -0.15) is 13.2 Å². The van der Waals surface area contributed by atoms with Crippen LogP contribution in [-0.2, 0) is 4.74 Å². The van der Waals surface area contributed by atoms with E-state index in [1.54, 1.807) is 0 Å². The molecule has 3 saturated carbocycles. The second-order valence-electron chi connectivity index (χ2n) is 17.7. The lowest BCUT2D eigenvalue weighted by atomic mass is 9.68. The molecule has 0 aromatic heterocycles. The quantitative estimate of drug-likeness (QED) is 0.0880. The molecule has 4 fully saturated rings. The number of aliphatic hydroxyl groups excluding tert-OH is 1. The summed E-state index contributed by atoms with van der Waals surface area (Å²) in [6, 6.07) is -0.268. The van der Waals surface area contributed by atoms with Gasteiger partial charge in [-0.1, -0.05) is 38.3 Å². The number of allylic oxidation sites excluding steroid dienone is 3. The molecule has 1 heterocycles. The Morgan fingerprint density at radius 3 is 2.53 bits per heavy atom. The number of hydrogen-bond donors (Lipinski definition) is 4. The van der Waals surface area contributed by atoms with E-state index in [0.717, 1.165) is 76.1 Å². The molecule has 0 aromatic carbocycles. The average Bonchev–Trinajstić information content (AvgIpc) is 3.40. The van der Waals surface area contributed by atoms with Crippen molar-refractivity contribution in [2.45, 2.75) is 160 Å². The van der Waals surface area contributed by atoms with Gasteiger partial charge in [0.25, 0.3) is 0 Å². The van der Waals surface area contributed by atoms with Crippen molar-refractivity contribution < 1.29 is 23.0 Å². The third-order valence-corrected chi connectivity index (χ3v) is 14.0. The Labute approximate surface area is 295 Å². The van der Waals surface area contributed by atoms with Crippen LogP contribution < -0.4 is 11.1 Å². The lowest BCUT2D eigenvalue weighted by molar-refractivity contribution is -0.200. The van der Waals surface area contributed by atoms with E-state index in [9.17, 15) is 18.3 Å². The Bertz CT molecular complexity index is 1100. The molecule has 1 aliphatic heterocycles. The fourth-order valence-corrected chi connectivity index (χ4v) is 10.9. The molecule has 12 unspecified atom stereocenters. The zero-order chi connectivity index (χ0) is 35.2. The molecule has 12 atom stereocenters. The number of halogens is 3. The first-order chi connectivity index (χ1) is 23.3. The molecule has 49 heavy (non-hydrogen) atoms. The van der Waals surface area contributed by atoms with Gasteiger partial charge in [0.2, 0.25) is 0 Å². The molecule has 280 valence electrons. The minimum absolute atomic E-state index is 0.0136. The molecule has 0 aromatic rings. The molecule has 5 nitrogen and oxygen atoms in total. The number of nitrogens with two attached hydrogens (primary N) is 1. The lowest BCUT2D eigenvalue weighted by Crippen LogP contribution is -2.50. The topological polar surface area (TPSA) is 91.4 Å². The van der Waals surface area contributed by atoms with E-state index >= 15 is 0 Å². The first-order valence-corrected chi connectivity index (χ1v) is 20.1. The number of nitrogens with one attached hydrogen (secondary N) is 2. The first-order valence-electron chi connectivity index (χ1n) is 20.1. The molecule has 8 heteroatoms. The highest BCUT2D eigenvalue weighted by Crippen LogP contribution is 2.47. The van der Waals surface area contributed by atoms with Gasteiger partial charge in [-0.15, -0.1) is 6.58 Å². The standard InChI is InChI=1S/C41H68F3N3O2/c1-4-6-30-14-11-29(25-40(3)19-20-49-26-40)12-16-32(30)23-38(46)36-22-33(13-9-27(36)2)39(48)47-35-18-17-31(37(24-35)41(42,43)44)15-10-28-7-5-8-34(45)21-28/h4,21,27,29-33,35-39,45,47-48H,1,5-20,22-26,46H2,2-3H3. The summed E-state index contributed by atoms with van der Waals surface area (Å²) < 4.78 is 48.7. The highest BCUT2D eigenvalue weighted by Gasteiger charge is 2.48. The highest BCUT2D eigenvalue weighted by molar-refractivity contribution is 5.93. The molecule has 4 aliphatic carbocycles. The van der Waals surface area contributed by atoms with E-state index < -0.39 is 24.2 Å². The highest BCUT2D eigenvalue weighted by atomic mass is 19.4. The number of aliphatic hydroxyl groups is 1. The molecule has 5 aliphatic rings. The van der Waals surface area contributed by atoms with Crippen molar-refractivity contribution in [3.8, 4) is 0 Å². The third-order valence-electron chi connectivity index (χ3n) is 14.0. The zero-order valence-electron chi connectivity index (χ0n) is 30.6. The van der Waals surface area contributed by atoms with Gasteiger partial charge < -0.3 is 21.0 Å². The molecule has 0 spiro atoms. The smallest absolute Gasteiger partial charge is 0.381 e. The van der Waals surface area contributed by atoms with Crippen molar-refractivity contribution in [2.75, 3.05) is 13.2 Å².